The third kappa shape index (κ3) is 4.05. The summed E-state index contributed by atoms with van der Waals surface area (Å²) in [6, 6.07) is 17.5. The third-order valence-electron chi connectivity index (χ3n) is 4.37. The maximum Gasteiger partial charge on any atom is 0.322 e. The van der Waals surface area contributed by atoms with Crippen LogP contribution in [0, 0.1) is 5.92 Å². The Morgan fingerprint density at radius 1 is 1.17 bits per heavy atom. The van der Waals surface area contributed by atoms with Gasteiger partial charge in [-0.25, -0.2) is 4.79 Å². The van der Waals surface area contributed by atoms with E-state index in [-0.39, 0.29) is 12.1 Å². The molecule has 0 heterocycles. The van der Waals surface area contributed by atoms with E-state index in [4.69, 9.17) is 11.6 Å². The highest BCUT2D eigenvalue weighted by Crippen LogP contribution is 2.36. The molecule has 0 aromatic heterocycles. The molecule has 2 aromatic carbocycles. The number of nitrogens with one attached hydrogen (secondary N) is 1. The maximum atomic E-state index is 12.8. The van der Waals surface area contributed by atoms with Crippen molar-refractivity contribution in [1.29, 1.82) is 0 Å². The van der Waals surface area contributed by atoms with Gasteiger partial charge in [-0.05, 0) is 43.4 Å². The third-order valence-corrected chi connectivity index (χ3v) is 4.70. The summed E-state index contributed by atoms with van der Waals surface area (Å²) < 4.78 is 0. The summed E-state index contributed by atoms with van der Waals surface area (Å²) in [5.74, 6) is 0.607. The highest BCUT2D eigenvalue weighted by molar-refractivity contribution is 6.33. The van der Waals surface area contributed by atoms with Crippen molar-refractivity contribution in [1.82, 2.24) is 4.90 Å². The Hall–Kier alpha value is -2.00. The minimum absolute atomic E-state index is 0.0960. The van der Waals surface area contributed by atoms with Crippen LogP contribution in [0.25, 0.3) is 0 Å². The van der Waals surface area contributed by atoms with Crippen LogP contribution in [0.15, 0.2) is 54.6 Å². The average molecular weight is 329 g/mol. The molecule has 0 spiro atoms. The molecule has 0 aliphatic heterocycles. The van der Waals surface area contributed by atoms with Crippen LogP contribution in [0.5, 0.6) is 0 Å². The van der Waals surface area contributed by atoms with E-state index in [0.29, 0.717) is 23.2 Å². The molecule has 120 valence electrons. The number of rotatable bonds is 5. The van der Waals surface area contributed by atoms with Crippen molar-refractivity contribution >= 4 is 23.3 Å². The predicted octanol–water partition coefficient (Wildman–Crippen LogP) is 5.17. The van der Waals surface area contributed by atoms with Gasteiger partial charge in [0, 0.05) is 12.6 Å². The van der Waals surface area contributed by atoms with Gasteiger partial charge in [0.15, 0.2) is 0 Å². The lowest BCUT2D eigenvalue weighted by atomic mass is 10.1. The van der Waals surface area contributed by atoms with Gasteiger partial charge in [0.2, 0.25) is 0 Å². The largest absolute Gasteiger partial charge is 0.322 e. The first-order valence-corrected chi connectivity index (χ1v) is 8.39. The Balaban J connectivity index is 1.77. The second kappa shape index (κ2) is 7.05. The number of carbonyl (C=O) groups is 1. The zero-order valence-electron chi connectivity index (χ0n) is 13.2. The molecule has 0 saturated heterocycles. The normalized spacial score (nSPS) is 15.0. The van der Waals surface area contributed by atoms with Crippen molar-refractivity contribution < 1.29 is 4.79 Å². The molecule has 4 heteroatoms. The van der Waals surface area contributed by atoms with Crippen molar-refractivity contribution in [3.8, 4) is 0 Å². The predicted molar refractivity (Wildman–Crippen MR) is 94.6 cm³/mol. The number of amides is 2. The zero-order chi connectivity index (χ0) is 16.2. The summed E-state index contributed by atoms with van der Waals surface area (Å²) in [6.07, 6.45) is 2.40. The van der Waals surface area contributed by atoms with Gasteiger partial charge < -0.3 is 10.2 Å². The van der Waals surface area contributed by atoms with Gasteiger partial charge in [0.05, 0.1) is 10.7 Å². The summed E-state index contributed by atoms with van der Waals surface area (Å²) in [4.78, 5) is 14.7. The SMILES string of the molecule is C[C@H](C1CC1)N(Cc1ccccc1)C(=O)Nc1ccccc1Cl. The molecule has 23 heavy (non-hydrogen) atoms. The van der Waals surface area contributed by atoms with Gasteiger partial charge in [0.1, 0.15) is 0 Å². The van der Waals surface area contributed by atoms with Crippen molar-refractivity contribution in [3.63, 3.8) is 0 Å². The van der Waals surface area contributed by atoms with E-state index in [1.807, 2.05) is 41.3 Å². The molecule has 1 aliphatic rings. The molecule has 2 aromatic rings. The van der Waals surface area contributed by atoms with Gasteiger partial charge >= 0.3 is 6.03 Å². The minimum Gasteiger partial charge on any atom is -0.317 e. The number of nitrogens with zero attached hydrogens (tertiary/aromatic N) is 1. The molecule has 2 amide bonds. The van der Waals surface area contributed by atoms with Gasteiger partial charge in [-0.15, -0.1) is 0 Å². The molecule has 0 radical (unpaired) electrons. The quantitative estimate of drug-likeness (QED) is 0.806. The van der Waals surface area contributed by atoms with Crippen LogP contribution in [-0.4, -0.2) is 17.0 Å². The molecule has 1 aliphatic carbocycles. The van der Waals surface area contributed by atoms with Crippen LogP contribution in [0.1, 0.15) is 25.3 Å². The van der Waals surface area contributed by atoms with Crippen LogP contribution in [-0.2, 0) is 6.54 Å². The van der Waals surface area contributed by atoms with Crippen LogP contribution < -0.4 is 5.32 Å². The summed E-state index contributed by atoms with van der Waals surface area (Å²) in [6.45, 7) is 2.74. The first-order chi connectivity index (χ1) is 11.1. The van der Waals surface area contributed by atoms with Crippen molar-refractivity contribution in [2.45, 2.75) is 32.4 Å². The zero-order valence-corrected chi connectivity index (χ0v) is 14.0. The smallest absolute Gasteiger partial charge is 0.317 e. The van der Waals surface area contributed by atoms with E-state index in [1.165, 1.54) is 12.8 Å². The van der Waals surface area contributed by atoms with Crippen LogP contribution in [0.3, 0.4) is 0 Å². The first-order valence-electron chi connectivity index (χ1n) is 8.01. The Bertz CT molecular complexity index is 670. The van der Waals surface area contributed by atoms with Crippen molar-refractivity contribution in [3.05, 3.63) is 65.2 Å². The Morgan fingerprint density at radius 2 is 1.83 bits per heavy atom. The Labute approximate surface area is 142 Å². The minimum atomic E-state index is -0.0960. The Morgan fingerprint density at radius 3 is 2.48 bits per heavy atom. The maximum absolute atomic E-state index is 12.8. The standard InChI is InChI=1S/C19H21ClN2O/c1-14(16-11-12-16)22(13-15-7-3-2-4-8-15)19(23)21-18-10-6-5-9-17(18)20/h2-10,14,16H,11-13H2,1H3,(H,21,23)/t14-/m1/s1. The highest BCUT2D eigenvalue weighted by atomic mass is 35.5. The number of benzene rings is 2. The fraction of sp³-hybridized carbons (Fsp3) is 0.316. The number of para-hydroxylation sites is 1. The molecule has 1 fully saturated rings. The van der Waals surface area contributed by atoms with Gasteiger partial charge in [-0.2, -0.15) is 0 Å². The summed E-state index contributed by atoms with van der Waals surface area (Å²) in [7, 11) is 0. The van der Waals surface area contributed by atoms with E-state index in [9.17, 15) is 4.79 Å². The fourth-order valence-electron chi connectivity index (χ4n) is 2.76. The molecule has 1 atom stereocenters. The lowest BCUT2D eigenvalue weighted by Crippen LogP contribution is -2.42. The van der Waals surface area contributed by atoms with Gasteiger partial charge in [-0.3, -0.25) is 0 Å². The molecule has 3 rings (SSSR count). The van der Waals surface area contributed by atoms with E-state index >= 15 is 0 Å². The number of hydrogen-bond acceptors (Lipinski definition) is 1. The highest BCUT2D eigenvalue weighted by Gasteiger charge is 2.34. The van der Waals surface area contributed by atoms with E-state index < -0.39 is 0 Å². The molecule has 1 saturated carbocycles. The summed E-state index contributed by atoms with van der Waals surface area (Å²) in [5, 5.41) is 3.50. The van der Waals surface area contributed by atoms with Crippen LogP contribution in [0.2, 0.25) is 5.02 Å². The number of urea groups is 1. The van der Waals surface area contributed by atoms with Gasteiger partial charge in [-0.1, -0.05) is 54.1 Å². The van der Waals surface area contributed by atoms with Crippen molar-refractivity contribution in [2.24, 2.45) is 5.92 Å². The number of hydrogen-bond donors (Lipinski definition) is 1. The summed E-state index contributed by atoms with van der Waals surface area (Å²) in [5.41, 5.74) is 1.79. The second-order valence-corrected chi connectivity index (χ2v) is 6.51. The monoisotopic (exact) mass is 328 g/mol. The van der Waals surface area contributed by atoms with Crippen LogP contribution in [0.4, 0.5) is 10.5 Å². The number of carbonyl (C=O) groups excluding carboxylic acids is 1. The topological polar surface area (TPSA) is 32.3 Å². The van der Waals surface area contributed by atoms with E-state index in [1.54, 1.807) is 6.07 Å². The number of halogens is 1. The molecule has 0 bridgehead atoms. The molecule has 3 nitrogen and oxygen atoms in total. The fourth-order valence-corrected chi connectivity index (χ4v) is 2.95. The lowest BCUT2D eigenvalue weighted by molar-refractivity contribution is 0.181. The molecular formula is C19H21ClN2O. The Kier molecular flexibility index (Phi) is 4.87. The molecular weight excluding hydrogens is 308 g/mol. The van der Waals surface area contributed by atoms with Crippen LogP contribution >= 0.6 is 11.6 Å². The number of anilines is 1. The second-order valence-electron chi connectivity index (χ2n) is 6.10. The molecule has 1 N–H and O–H groups in total. The van der Waals surface area contributed by atoms with Gasteiger partial charge in [0.25, 0.3) is 0 Å². The van der Waals surface area contributed by atoms with Crippen molar-refractivity contribution in [2.75, 3.05) is 5.32 Å². The average Bonchev–Trinajstić information content (AvgIpc) is 3.40. The first kappa shape index (κ1) is 15.9. The molecule has 0 unspecified atom stereocenters. The summed E-state index contributed by atoms with van der Waals surface area (Å²) >= 11 is 6.15. The van der Waals surface area contributed by atoms with E-state index in [2.05, 4.69) is 24.4 Å². The lowest BCUT2D eigenvalue weighted by Gasteiger charge is -2.30. The van der Waals surface area contributed by atoms with E-state index in [0.717, 1.165) is 5.56 Å².